The van der Waals surface area contributed by atoms with E-state index in [0.29, 0.717) is 6.54 Å². The Labute approximate surface area is 126 Å². The van der Waals surface area contributed by atoms with Crippen LogP contribution in [0.2, 0.25) is 0 Å². The average Bonchev–Trinajstić information content (AvgIpc) is 2.49. The molecule has 1 fully saturated rings. The fourth-order valence-electron chi connectivity index (χ4n) is 2.74. The summed E-state index contributed by atoms with van der Waals surface area (Å²) in [4.78, 5) is 25.5. The number of hydrogen-bond acceptors (Lipinski definition) is 3. The van der Waals surface area contributed by atoms with Crippen LogP contribution in [0, 0.1) is 0 Å². The van der Waals surface area contributed by atoms with Crippen molar-refractivity contribution in [3.05, 3.63) is 35.4 Å². The van der Waals surface area contributed by atoms with Crippen molar-refractivity contribution < 1.29 is 9.59 Å². The molecule has 0 radical (unpaired) electrons. The van der Waals surface area contributed by atoms with Crippen LogP contribution in [-0.4, -0.2) is 42.3 Å². The molecule has 0 saturated carbocycles. The summed E-state index contributed by atoms with van der Waals surface area (Å²) in [5.41, 5.74) is 2.04. The number of rotatable bonds is 5. The van der Waals surface area contributed by atoms with Gasteiger partial charge in [-0.25, -0.2) is 0 Å². The number of nitrogens with one attached hydrogen (secondary N) is 1. The Morgan fingerprint density at radius 1 is 1.19 bits per heavy atom. The second-order valence-electron chi connectivity index (χ2n) is 5.72. The van der Waals surface area contributed by atoms with Crippen LogP contribution >= 0.6 is 0 Å². The second-order valence-corrected chi connectivity index (χ2v) is 5.72. The summed E-state index contributed by atoms with van der Waals surface area (Å²) in [5, 5.41) is 2.95. The summed E-state index contributed by atoms with van der Waals surface area (Å²) in [6.45, 7) is 5.86. The summed E-state index contributed by atoms with van der Waals surface area (Å²) in [7, 11) is 0. The molecular weight excluding hydrogens is 264 g/mol. The average molecular weight is 288 g/mol. The number of nitrogens with zero attached hydrogens (tertiary/aromatic N) is 1. The molecule has 1 heterocycles. The highest BCUT2D eigenvalue weighted by Crippen LogP contribution is 2.12. The lowest BCUT2D eigenvalue weighted by Crippen LogP contribution is -2.45. The van der Waals surface area contributed by atoms with E-state index in [1.807, 2.05) is 24.3 Å². The van der Waals surface area contributed by atoms with Crippen molar-refractivity contribution in [2.24, 2.45) is 0 Å². The molecule has 1 aromatic carbocycles. The van der Waals surface area contributed by atoms with Crippen LogP contribution < -0.4 is 5.32 Å². The molecule has 1 N–H and O–H groups in total. The zero-order chi connectivity index (χ0) is 15.2. The quantitative estimate of drug-likeness (QED) is 0.844. The summed E-state index contributed by atoms with van der Waals surface area (Å²) < 4.78 is 0. The number of Topliss-reactive ketones (excluding diaryl/α,β-unsaturated/α-hetero) is 1. The van der Waals surface area contributed by atoms with Gasteiger partial charge in [-0.05, 0) is 24.8 Å². The minimum absolute atomic E-state index is 0.0283. The fourth-order valence-corrected chi connectivity index (χ4v) is 2.74. The van der Waals surface area contributed by atoms with Gasteiger partial charge in [0, 0.05) is 31.6 Å². The Morgan fingerprint density at radius 3 is 2.33 bits per heavy atom. The van der Waals surface area contributed by atoms with E-state index in [1.54, 1.807) is 6.92 Å². The van der Waals surface area contributed by atoms with Gasteiger partial charge in [0.25, 0.3) is 0 Å². The van der Waals surface area contributed by atoms with Gasteiger partial charge < -0.3 is 5.32 Å². The Balaban J connectivity index is 1.82. The van der Waals surface area contributed by atoms with E-state index < -0.39 is 0 Å². The van der Waals surface area contributed by atoms with Crippen molar-refractivity contribution in [2.75, 3.05) is 19.6 Å². The molecule has 1 aromatic rings. The lowest BCUT2D eigenvalue weighted by Gasteiger charge is -2.31. The van der Waals surface area contributed by atoms with Gasteiger partial charge in [0.1, 0.15) is 0 Å². The van der Waals surface area contributed by atoms with Crippen molar-refractivity contribution in [2.45, 2.75) is 39.2 Å². The number of likely N-dealkylation sites (tertiary alicyclic amines) is 1. The molecule has 1 aliphatic rings. The van der Waals surface area contributed by atoms with Crippen LogP contribution in [0.15, 0.2) is 24.3 Å². The number of carbonyl (C=O) groups is 2. The molecule has 0 spiro atoms. The maximum Gasteiger partial charge on any atom is 0.217 e. The largest absolute Gasteiger partial charge is 0.354 e. The third kappa shape index (κ3) is 4.67. The summed E-state index contributed by atoms with van der Waals surface area (Å²) in [5.74, 6) is 0.205. The van der Waals surface area contributed by atoms with Gasteiger partial charge in [0.05, 0.1) is 6.54 Å². The first-order valence-electron chi connectivity index (χ1n) is 7.70. The maximum absolute atomic E-state index is 12.3. The zero-order valence-electron chi connectivity index (χ0n) is 12.9. The molecule has 4 heteroatoms. The third-order valence-electron chi connectivity index (χ3n) is 4.05. The molecule has 0 unspecified atom stereocenters. The molecular formula is C17H24N2O2. The van der Waals surface area contributed by atoms with E-state index in [0.717, 1.165) is 37.9 Å². The predicted octanol–water partition coefficient (Wildman–Crippen LogP) is 2.03. The first-order chi connectivity index (χ1) is 10.1. The van der Waals surface area contributed by atoms with Gasteiger partial charge in [-0.3, -0.25) is 14.5 Å². The number of amides is 1. The smallest absolute Gasteiger partial charge is 0.217 e. The first kappa shape index (κ1) is 15.7. The molecule has 21 heavy (non-hydrogen) atoms. The molecule has 0 aromatic heterocycles. The van der Waals surface area contributed by atoms with Crippen LogP contribution in [-0.2, 0) is 11.2 Å². The molecule has 4 nitrogen and oxygen atoms in total. The highest BCUT2D eigenvalue weighted by molar-refractivity contribution is 5.97. The van der Waals surface area contributed by atoms with Gasteiger partial charge in [0.15, 0.2) is 5.78 Å². The van der Waals surface area contributed by atoms with Crippen molar-refractivity contribution in [1.29, 1.82) is 0 Å². The predicted molar refractivity (Wildman–Crippen MR) is 83.4 cm³/mol. The van der Waals surface area contributed by atoms with Crippen LogP contribution in [0.25, 0.3) is 0 Å². The van der Waals surface area contributed by atoms with Crippen molar-refractivity contribution in [1.82, 2.24) is 10.2 Å². The lowest BCUT2D eigenvalue weighted by molar-refractivity contribution is -0.119. The minimum atomic E-state index is 0.0283. The first-order valence-corrected chi connectivity index (χ1v) is 7.70. The van der Waals surface area contributed by atoms with E-state index in [1.165, 1.54) is 5.56 Å². The van der Waals surface area contributed by atoms with E-state index in [4.69, 9.17) is 0 Å². The van der Waals surface area contributed by atoms with Gasteiger partial charge in [0.2, 0.25) is 5.91 Å². The number of benzene rings is 1. The summed E-state index contributed by atoms with van der Waals surface area (Å²) in [6, 6.07) is 8.15. The number of ketones is 1. The van der Waals surface area contributed by atoms with Crippen molar-refractivity contribution in [3.63, 3.8) is 0 Å². The Morgan fingerprint density at radius 2 is 1.81 bits per heavy atom. The van der Waals surface area contributed by atoms with Crippen molar-refractivity contribution >= 4 is 11.7 Å². The Kier molecular flexibility index (Phi) is 5.51. The molecule has 0 aliphatic carbocycles. The molecule has 1 amide bonds. The minimum Gasteiger partial charge on any atom is -0.354 e. The highest BCUT2D eigenvalue weighted by Gasteiger charge is 2.21. The fraction of sp³-hybridized carbons (Fsp3) is 0.529. The maximum atomic E-state index is 12.3. The molecule has 0 bridgehead atoms. The molecule has 0 atom stereocenters. The van der Waals surface area contributed by atoms with Gasteiger partial charge >= 0.3 is 0 Å². The molecule has 2 rings (SSSR count). The van der Waals surface area contributed by atoms with Gasteiger partial charge in [-0.1, -0.05) is 31.2 Å². The van der Waals surface area contributed by atoms with Crippen LogP contribution in [0.4, 0.5) is 0 Å². The lowest BCUT2D eigenvalue weighted by atomic mass is 10.0. The Hall–Kier alpha value is -1.68. The monoisotopic (exact) mass is 288 g/mol. The van der Waals surface area contributed by atoms with E-state index in [9.17, 15) is 9.59 Å². The summed E-state index contributed by atoms with van der Waals surface area (Å²) in [6.07, 6.45) is 2.83. The Bertz CT molecular complexity index is 488. The standard InChI is InChI=1S/C17H24N2O2/c1-3-14-4-6-15(7-5-14)17(21)12-19-10-8-16(9-11-19)18-13(2)20/h4-7,16H,3,8-12H2,1-2H3,(H,18,20). The normalized spacial score (nSPS) is 16.7. The summed E-state index contributed by atoms with van der Waals surface area (Å²) >= 11 is 0. The SMILES string of the molecule is CCc1ccc(C(=O)CN2CCC(NC(C)=O)CC2)cc1. The van der Waals surface area contributed by atoms with Crippen LogP contribution in [0.1, 0.15) is 42.6 Å². The molecule has 1 saturated heterocycles. The zero-order valence-corrected chi connectivity index (χ0v) is 12.9. The van der Waals surface area contributed by atoms with E-state index in [2.05, 4.69) is 17.1 Å². The topological polar surface area (TPSA) is 49.4 Å². The van der Waals surface area contributed by atoms with E-state index >= 15 is 0 Å². The van der Waals surface area contributed by atoms with Crippen LogP contribution in [0.3, 0.4) is 0 Å². The van der Waals surface area contributed by atoms with Gasteiger partial charge in [-0.15, -0.1) is 0 Å². The third-order valence-corrected chi connectivity index (χ3v) is 4.05. The highest BCUT2D eigenvalue weighted by atomic mass is 16.1. The second kappa shape index (κ2) is 7.36. The number of hydrogen-bond donors (Lipinski definition) is 1. The molecule has 114 valence electrons. The molecule has 1 aliphatic heterocycles. The number of carbonyl (C=O) groups excluding carboxylic acids is 2. The van der Waals surface area contributed by atoms with Gasteiger partial charge in [-0.2, -0.15) is 0 Å². The van der Waals surface area contributed by atoms with E-state index in [-0.39, 0.29) is 17.7 Å². The number of aryl methyl sites for hydroxylation is 1. The van der Waals surface area contributed by atoms with Crippen molar-refractivity contribution in [3.8, 4) is 0 Å². The number of piperidine rings is 1. The van der Waals surface area contributed by atoms with Crippen LogP contribution in [0.5, 0.6) is 0 Å².